The molecule has 3 aromatic carbocycles. The lowest BCUT2D eigenvalue weighted by atomic mass is 9.88. The van der Waals surface area contributed by atoms with Gasteiger partial charge in [0.25, 0.3) is 0 Å². The normalized spacial score (nSPS) is 14.5. The Morgan fingerprint density at radius 3 is 2.38 bits per heavy atom. The zero-order valence-corrected chi connectivity index (χ0v) is 24.2. The molecule has 9 heteroatoms. The van der Waals surface area contributed by atoms with E-state index in [2.05, 4.69) is 15.6 Å². The Morgan fingerprint density at radius 2 is 1.67 bits per heavy atom. The molecule has 0 bridgehead atoms. The van der Waals surface area contributed by atoms with Gasteiger partial charge in [-0.15, -0.1) is 23.1 Å². The van der Waals surface area contributed by atoms with Crippen molar-refractivity contribution in [3.63, 3.8) is 0 Å². The second kappa shape index (κ2) is 13.0. The number of amides is 2. The summed E-state index contributed by atoms with van der Waals surface area (Å²) in [6.45, 7) is 0. The maximum Gasteiger partial charge on any atom is 0.244 e. The van der Waals surface area contributed by atoms with E-state index in [-0.39, 0.29) is 17.7 Å². The van der Waals surface area contributed by atoms with E-state index < -0.39 is 5.25 Å². The highest BCUT2D eigenvalue weighted by Gasteiger charge is 2.24. The van der Waals surface area contributed by atoms with Gasteiger partial charge in [-0.05, 0) is 60.9 Å². The van der Waals surface area contributed by atoms with Gasteiger partial charge in [-0.1, -0.05) is 72.8 Å². The lowest BCUT2D eigenvalue weighted by Gasteiger charge is -2.21. The summed E-state index contributed by atoms with van der Waals surface area (Å²) in [4.78, 5) is 31.6. The van der Waals surface area contributed by atoms with Gasteiger partial charge in [-0.3, -0.25) is 9.59 Å². The number of anilines is 2. The minimum Gasteiger partial charge on any atom is -0.326 e. The second-order valence-corrected chi connectivity index (χ2v) is 12.3. The first-order valence-corrected chi connectivity index (χ1v) is 15.3. The van der Waals surface area contributed by atoms with E-state index in [4.69, 9.17) is 23.2 Å². The molecule has 5 rings (SSSR count). The number of thiazole rings is 1. The largest absolute Gasteiger partial charge is 0.326 e. The van der Waals surface area contributed by atoms with Crippen molar-refractivity contribution in [2.45, 2.75) is 42.2 Å². The highest BCUT2D eigenvalue weighted by Crippen LogP contribution is 2.38. The highest BCUT2D eigenvalue weighted by molar-refractivity contribution is 8.00. The smallest absolute Gasteiger partial charge is 0.244 e. The fraction of sp³-hybridized carbons (Fsp3) is 0.233. The van der Waals surface area contributed by atoms with Crippen molar-refractivity contribution in [3.05, 3.63) is 93.8 Å². The average molecular weight is 597 g/mol. The molecule has 0 aliphatic heterocycles. The van der Waals surface area contributed by atoms with E-state index in [9.17, 15) is 9.59 Å². The molecule has 200 valence electrons. The first-order valence-electron chi connectivity index (χ1n) is 12.8. The summed E-state index contributed by atoms with van der Waals surface area (Å²) in [6, 6.07) is 22.6. The van der Waals surface area contributed by atoms with Gasteiger partial charge in [-0.2, -0.15) is 0 Å². The van der Waals surface area contributed by atoms with Gasteiger partial charge in [0.2, 0.25) is 11.8 Å². The van der Waals surface area contributed by atoms with Crippen LogP contribution in [-0.4, -0.2) is 16.8 Å². The summed E-state index contributed by atoms with van der Waals surface area (Å²) in [7, 11) is 0. The highest BCUT2D eigenvalue weighted by atomic mass is 35.5. The molecule has 1 aromatic heterocycles. The van der Waals surface area contributed by atoms with E-state index in [1.54, 1.807) is 12.1 Å². The number of carbonyl (C=O) groups is 2. The molecule has 1 fully saturated rings. The lowest BCUT2D eigenvalue weighted by Crippen LogP contribution is -2.24. The van der Waals surface area contributed by atoms with Crippen LogP contribution in [0.3, 0.4) is 0 Å². The maximum absolute atomic E-state index is 13.5. The van der Waals surface area contributed by atoms with Crippen molar-refractivity contribution in [3.8, 4) is 11.3 Å². The van der Waals surface area contributed by atoms with Crippen LogP contribution in [0, 0.1) is 5.92 Å². The first kappa shape index (κ1) is 27.7. The summed E-state index contributed by atoms with van der Waals surface area (Å²) in [5.41, 5.74) is 3.08. The Bertz CT molecular complexity index is 1440. The Labute approximate surface area is 246 Å². The van der Waals surface area contributed by atoms with Gasteiger partial charge in [0.05, 0.1) is 10.7 Å². The fourth-order valence-corrected chi connectivity index (χ4v) is 6.83. The molecule has 0 spiro atoms. The van der Waals surface area contributed by atoms with Gasteiger partial charge in [0.1, 0.15) is 5.25 Å². The SMILES string of the molecule is O=C(Nc1ccc(SC(C(=O)Nc2nc(-c3ccc(Cl)cc3Cl)cs2)c2ccccc2)cc1)C1CCCCC1. The fourth-order valence-electron chi connectivity index (χ4n) is 4.59. The molecule has 1 heterocycles. The molecule has 1 aliphatic carbocycles. The number of hydrogen-bond acceptors (Lipinski definition) is 5. The monoisotopic (exact) mass is 595 g/mol. The third kappa shape index (κ3) is 7.22. The molecule has 4 aromatic rings. The van der Waals surface area contributed by atoms with Crippen molar-refractivity contribution in [1.82, 2.24) is 4.98 Å². The molecule has 1 saturated carbocycles. The quantitative estimate of drug-likeness (QED) is 0.199. The van der Waals surface area contributed by atoms with E-state index in [1.165, 1.54) is 29.5 Å². The number of hydrogen-bond donors (Lipinski definition) is 2. The third-order valence-electron chi connectivity index (χ3n) is 6.63. The summed E-state index contributed by atoms with van der Waals surface area (Å²) in [5, 5.41) is 8.93. The summed E-state index contributed by atoms with van der Waals surface area (Å²) < 4.78 is 0. The number of benzene rings is 3. The van der Waals surface area contributed by atoms with Crippen LogP contribution in [0.5, 0.6) is 0 Å². The van der Waals surface area contributed by atoms with Crippen LogP contribution < -0.4 is 10.6 Å². The third-order valence-corrected chi connectivity index (χ3v) is 9.21. The van der Waals surface area contributed by atoms with E-state index in [0.29, 0.717) is 20.9 Å². The molecule has 2 N–H and O–H groups in total. The van der Waals surface area contributed by atoms with Crippen molar-refractivity contribution in [1.29, 1.82) is 0 Å². The second-order valence-electron chi connectivity index (χ2n) is 9.41. The summed E-state index contributed by atoms with van der Waals surface area (Å²) >= 11 is 15.2. The molecule has 0 saturated heterocycles. The van der Waals surface area contributed by atoms with Gasteiger partial charge < -0.3 is 10.6 Å². The molecule has 1 aliphatic rings. The number of nitrogens with zero attached hydrogens (tertiary/aromatic N) is 1. The molecule has 2 amide bonds. The van der Waals surface area contributed by atoms with Crippen LogP contribution >= 0.6 is 46.3 Å². The number of aromatic nitrogens is 1. The predicted molar refractivity (Wildman–Crippen MR) is 163 cm³/mol. The molecule has 39 heavy (non-hydrogen) atoms. The standard InChI is InChI=1S/C30H27Cl2N3O2S2/c31-21-11-16-24(25(32)17-21)26-18-38-30(34-26)35-29(37)27(19-7-3-1-4-8-19)39-23-14-12-22(13-15-23)33-28(36)20-9-5-2-6-10-20/h1,3-4,7-8,11-18,20,27H,2,5-6,9-10H2,(H,33,36)(H,34,35,37). The molecule has 5 nitrogen and oxygen atoms in total. The molecule has 1 unspecified atom stereocenters. The van der Waals surface area contributed by atoms with Crippen LogP contribution in [0.4, 0.5) is 10.8 Å². The van der Waals surface area contributed by atoms with Crippen molar-refractivity contribution < 1.29 is 9.59 Å². The van der Waals surface area contributed by atoms with Gasteiger partial charge in [0, 0.05) is 32.5 Å². The maximum atomic E-state index is 13.5. The van der Waals surface area contributed by atoms with Crippen LogP contribution in [0.15, 0.2) is 83.1 Å². The van der Waals surface area contributed by atoms with E-state index in [1.807, 2.05) is 66.0 Å². The van der Waals surface area contributed by atoms with E-state index >= 15 is 0 Å². The Balaban J connectivity index is 1.28. The van der Waals surface area contributed by atoms with Crippen molar-refractivity contribution in [2.75, 3.05) is 10.6 Å². The number of thioether (sulfide) groups is 1. The number of carbonyl (C=O) groups excluding carboxylic acids is 2. The minimum atomic E-state index is -0.500. The van der Waals surface area contributed by atoms with Gasteiger partial charge in [-0.25, -0.2) is 4.98 Å². The van der Waals surface area contributed by atoms with Crippen LogP contribution in [0.1, 0.15) is 42.9 Å². The lowest BCUT2D eigenvalue weighted by molar-refractivity contribution is -0.120. The topological polar surface area (TPSA) is 71.1 Å². The minimum absolute atomic E-state index is 0.0966. The average Bonchev–Trinajstić information content (AvgIpc) is 3.41. The Morgan fingerprint density at radius 1 is 0.923 bits per heavy atom. The zero-order chi connectivity index (χ0) is 27.2. The predicted octanol–water partition coefficient (Wildman–Crippen LogP) is 9.11. The number of rotatable bonds is 8. The van der Waals surface area contributed by atoms with Crippen LogP contribution in [-0.2, 0) is 9.59 Å². The zero-order valence-electron chi connectivity index (χ0n) is 21.0. The van der Waals surface area contributed by atoms with Gasteiger partial charge in [0.15, 0.2) is 5.13 Å². The van der Waals surface area contributed by atoms with Gasteiger partial charge >= 0.3 is 0 Å². The first-order chi connectivity index (χ1) is 19.0. The van der Waals surface area contributed by atoms with Crippen molar-refractivity contribution >= 4 is 68.9 Å². The summed E-state index contributed by atoms with van der Waals surface area (Å²) in [6.07, 6.45) is 5.37. The Kier molecular flexibility index (Phi) is 9.24. The molecule has 1 atom stereocenters. The van der Waals surface area contributed by atoms with Crippen LogP contribution in [0.25, 0.3) is 11.3 Å². The number of nitrogens with one attached hydrogen (secondary N) is 2. The molecular weight excluding hydrogens is 569 g/mol. The van der Waals surface area contributed by atoms with E-state index in [0.717, 1.165) is 47.4 Å². The van der Waals surface area contributed by atoms with Crippen molar-refractivity contribution in [2.24, 2.45) is 5.92 Å². The Hall–Kier alpha value is -2.84. The number of halogens is 2. The summed E-state index contributed by atoms with van der Waals surface area (Å²) in [5.74, 6) is 0.0179. The molecule has 0 radical (unpaired) electrons. The van der Waals surface area contributed by atoms with Crippen LogP contribution in [0.2, 0.25) is 10.0 Å². The molecular formula is C30H27Cl2N3O2S2.